The van der Waals surface area contributed by atoms with Crippen molar-refractivity contribution in [3.63, 3.8) is 0 Å². The molecule has 6 heteroatoms. The van der Waals surface area contributed by atoms with Crippen LogP contribution < -0.4 is 16.6 Å². The van der Waals surface area contributed by atoms with Crippen molar-refractivity contribution in [2.45, 2.75) is 33.2 Å². The molecule has 0 bridgehead atoms. The van der Waals surface area contributed by atoms with E-state index in [9.17, 15) is 0 Å². The van der Waals surface area contributed by atoms with Crippen LogP contribution in [0.5, 0.6) is 0 Å². The fourth-order valence-electron chi connectivity index (χ4n) is 1.37. The largest absolute Gasteiger partial charge is 0.367 e. The van der Waals surface area contributed by atoms with Gasteiger partial charge in [0.15, 0.2) is 0 Å². The van der Waals surface area contributed by atoms with Crippen LogP contribution in [0.25, 0.3) is 0 Å². The summed E-state index contributed by atoms with van der Waals surface area (Å²) in [6, 6.07) is 0.397. The summed E-state index contributed by atoms with van der Waals surface area (Å²) in [5.41, 5.74) is 3.48. The van der Waals surface area contributed by atoms with Crippen LogP contribution in [0.3, 0.4) is 0 Å². The summed E-state index contributed by atoms with van der Waals surface area (Å²) in [4.78, 5) is 8.34. The second-order valence-corrected chi connectivity index (χ2v) is 5.29. The van der Waals surface area contributed by atoms with Gasteiger partial charge in [0.25, 0.3) is 0 Å². The molecule has 0 saturated heterocycles. The molecule has 5 nitrogen and oxygen atoms in total. The maximum absolute atomic E-state index is 5.29. The van der Waals surface area contributed by atoms with Gasteiger partial charge in [-0.15, -0.1) is 0 Å². The van der Waals surface area contributed by atoms with E-state index in [4.69, 9.17) is 5.84 Å². The standard InChI is InChI=1S/C11H21N5S/c1-4-17-6-5-9(3)14-10-8(2)7-13-11(15-10)16-12/h7,9H,4-6,12H2,1-3H3,(H2,13,14,15,16). The van der Waals surface area contributed by atoms with Gasteiger partial charge < -0.3 is 5.32 Å². The lowest BCUT2D eigenvalue weighted by atomic mass is 10.2. The predicted octanol–water partition coefficient (Wildman–Crippen LogP) is 2.01. The molecule has 1 unspecified atom stereocenters. The molecule has 0 aromatic carbocycles. The maximum atomic E-state index is 5.29. The monoisotopic (exact) mass is 255 g/mol. The third kappa shape index (κ3) is 4.79. The van der Waals surface area contributed by atoms with Crippen LogP contribution in [0.4, 0.5) is 11.8 Å². The third-order valence-electron chi connectivity index (χ3n) is 2.38. The Balaban J connectivity index is 2.54. The summed E-state index contributed by atoms with van der Waals surface area (Å²) in [6.07, 6.45) is 2.88. The number of thioether (sulfide) groups is 1. The minimum Gasteiger partial charge on any atom is -0.367 e. The van der Waals surface area contributed by atoms with E-state index in [1.165, 1.54) is 5.75 Å². The number of aryl methyl sites for hydroxylation is 1. The average molecular weight is 255 g/mol. The number of nitrogen functional groups attached to an aromatic ring is 1. The highest BCUT2D eigenvalue weighted by atomic mass is 32.2. The predicted molar refractivity (Wildman–Crippen MR) is 75.3 cm³/mol. The molecule has 0 aliphatic carbocycles. The maximum Gasteiger partial charge on any atom is 0.239 e. The van der Waals surface area contributed by atoms with E-state index in [0.29, 0.717) is 12.0 Å². The first-order valence-corrected chi connectivity index (χ1v) is 6.97. The Morgan fingerprint density at radius 1 is 1.53 bits per heavy atom. The van der Waals surface area contributed by atoms with Gasteiger partial charge >= 0.3 is 0 Å². The molecular formula is C11H21N5S. The molecule has 17 heavy (non-hydrogen) atoms. The number of nitrogens with one attached hydrogen (secondary N) is 2. The van der Waals surface area contributed by atoms with E-state index in [0.717, 1.165) is 23.6 Å². The zero-order chi connectivity index (χ0) is 12.7. The van der Waals surface area contributed by atoms with Gasteiger partial charge in [-0.3, -0.25) is 5.43 Å². The molecule has 1 rings (SSSR count). The van der Waals surface area contributed by atoms with Crippen LogP contribution in [0.1, 0.15) is 25.8 Å². The molecule has 0 spiro atoms. The number of aromatic nitrogens is 2. The number of anilines is 2. The van der Waals surface area contributed by atoms with Crippen molar-refractivity contribution < 1.29 is 0 Å². The van der Waals surface area contributed by atoms with E-state index >= 15 is 0 Å². The Kier molecular flexibility index (Phi) is 6.07. The van der Waals surface area contributed by atoms with E-state index in [1.54, 1.807) is 6.20 Å². The van der Waals surface area contributed by atoms with Gasteiger partial charge in [-0.05, 0) is 31.8 Å². The third-order valence-corrected chi connectivity index (χ3v) is 3.32. The Morgan fingerprint density at radius 2 is 2.29 bits per heavy atom. The second-order valence-electron chi connectivity index (χ2n) is 3.90. The second kappa shape index (κ2) is 7.34. The number of hydrogen-bond donors (Lipinski definition) is 3. The highest BCUT2D eigenvalue weighted by molar-refractivity contribution is 7.99. The Hall–Kier alpha value is -1.01. The van der Waals surface area contributed by atoms with Crippen molar-refractivity contribution in [2.24, 2.45) is 5.84 Å². The van der Waals surface area contributed by atoms with Gasteiger partial charge in [-0.1, -0.05) is 6.92 Å². The Labute approximate surface area is 107 Å². The fraction of sp³-hybridized carbons (Fsp3) is 0.636. The number of nitrogens with zero attached hydrogens (tertiary/aromatic N) is 2. The van der Waals surface area contributed by atoms with Crippen molar-refractivity contribution in [3.05, 3.63) is 11.8 Å². The molecule has 1 heterocycles. The summed E-state index contributed by atoms with van der Waals surface area (Å²) in [5.74, 6) is 8.91. The molecule has 1 aromatic rings. The SMILES string of the molecule is CCSCCC(C)Nc1nc(NN)ncc1C. The molecule has 0 amide bonds. The molecular weight excluding hydrogens is 234 g/mol. The van der Waals surface area contributed by atoms with E-state index < -0.39 is 0 Å². The number of hydrogen-bond acceptors (Lipinski definition) is 6. The molecule has 96 valence electrons. The van der Waals surface area contributed by atoms with E-state index in [2.05, 4.69) is 34.6 Å². The Morgan fingerprint density at radius 3 is 2.94 bits per heavy atom. The van der Waals surface area contributed by atoms with Crippen molar-refractivity contribution in [1.29, 1.82) is 0 Å². The van der Waals surface area contributed by atoms with Gasteiger partial charge in [0, 0.05) is 17.8 Å². The minimum atomic E-state index is 0.397. The highest BCUT2D eigenvalue weighted by Gasteiger charge is 2.07. The molecule has 4 N–H and O–H groups in total. The topological polar surface area (TPSA) is 75.9 Å². The average Bonchev–Trinajstić information content (AvgIpc) is 2.32. The first kappa shape index (κ1) is 14.1. The van der Waals surface area contributed by atoms with E-state index in [1.807, 2.05) is 18.7 Å². The van der Waals surface area contributed by atoms with Gasteiger partial charge in [-0.25, -0.2) is 10.8 Å². The summed E-state index contributed by atoms with van der Waals surface area (Å²) in [7, 11) is 0. The molecule has 0 fully saturated rings. The van der Waals surface area contributed by atoms with Crippen LogP contribution in [0.15, 0.2) is 6.20 Å². The molecule has 1 aromatic heterocycles. The highest BCUT2D eigenvalue weighted by Crippen LogP contribution is 2.15. The van der Waals surface area contributed by atoms with Crippen LogP contribution in [0.2, 0.25) is 0 Å². The summed E-state index contributed by atoms with van der Waals surface area (Å²) in [6.45, 7) is 6.32. The van der Waals surface area contributed by atoms with Crippen LogP contribution >= 0.6 is 11.8 Å². The first-order chi connectivity index (χ1) is 8.17. The zero-order valence-corrected chi connectivity index (χ0v) is 11.5. The van der Waals surface area contributed by atoms with Crippen molar-refractivity contribution >= 4 is 23.5 Å². The van der Waals surface area contributed by atoms with E-state index in [-0.39, 0.29) is 0 Å². The molecule has 0 aliphatic rings. The lowest BCUT2D eigenvalue weighted by molar-refractivity contribution is 0.764. The Bertz CT molecular complexity index is 345. The summed E-state index contributed by atoms with van der Waals surface area (Å²) < 4.78 is 0. The zero-order valence-electron chi connectivity index (χ0n) is 10.7. The van der Waals surface area contributed by atoms with Crippen LogP contribution in [-0.2, 0) is 0 Å². The molecule has 0 saturated carbocycles. The molecule has 0 aliphatic heterocycles. The quantitative estimate of drug-likeness (QED) is 0.393. The van der Waals surface area contributed by atoms with Crippen LogP contribution in [0, 0.1) is 6.92 Å². The van der Waals surface area contributed by atoms with Gasteiger partial charge in [-0.2, -0.15) is 16.7 Å². The minimum absolute atomic E-state index is 0.397. The fourth-order valence-corrected chi connectivity index (χ4v) is 2.18. The summed E-state index contributed by atoms with van der Waals surface area (Å²) >= 11 is 1.95. The van der Waals surface area contributed by atoms with Gasteiger partial charge in [0.2, 0.25) is 5.95 Å². The van der Waals surface area contributed by atoms with Gasteiger partial charge in [0.1, 0.15) is 5.82 Å². The normalized spacial score (nSPS) is 12.2. The van der Waals surface area contributed by atoms with Crippen LogP contribution in [-0.4, -0.2) is 27.5 Å². The van der Waals surface area contributed by atoms with Crippen molar-refractivity contribution in [3.8, 4) is 0 Å². The number of rotatable bonds is 7. The lowest BCUT2D eigenvalue weighted by Gasteiger charge is -2.16. The number of hydrazine groups is 1. The molecule has 0 radical (unpaired) electrons. The van der Waals surface area contributed by atoms with Crippen molar-refractivity contribution in [2.75, 3.05) is 22.2 Å². The molecule has 1 atom stereocenters. The summed E-state index contributed by atoms with van der Waals surface area (Å²) in [5, 5.41) is 3.38. The smallest absolute Gasteiger partial charge is 0.239 e. The first-order valence-electron chi connectivity index (χ1n) is 5.82. The lowest BCUT2D eigenvalue weighted by Crippen LogP contribution is -2.19. The van der Waals surface area contributed by atoms with Gasteiger partial charge in [0.05, 0.1) is 0 Å². The number of nitrogens with two attached hydrogens (primary N) is 1. The van der Waals surface area contributed by atoms with Crippen molar-refractivity contribution in [1.82, 2.24) is 9.97 Å².